The molecule has 2 heteroatoms. The monoisotopic (exact) mass is 939 g/mol. The summed E-state index contributed by atoms with van der Waals surface area (Å²) in [5.74, 6) is 4.33. The summed E-state index contributed by atoms with van der Waals surface area (Å²) in [5.41, 5.74) is 17.2. The summed E-state index contributed by atoms with van der Waals surface area (Å²) in [7, 11) is 0. The number of para-hydroxylation sites is 2. The Balaban J connectivity index is 0.000000200. The minimum Gasteiger partial charge on any atom is -0.457 e. The number of hydrogen-bond donors (Lipinski definition) is 0. The van der Waals surface area contributed by atoms with Gasteiger partial charge in [0, 0.05) is 32.9 Å². The fourth-order valence-corrected chi connectivity index (χ4v) is 11.7. The molecule has 2 unspecified atom stereocenters. The second kappa shape index (κ2) is 18.7. The summed E-state index contributed by atoms with van der Waals surface area (Å²) in [5, 5.41) is 7.65. The lowest BCUT2D eigenvalue weighted by molar-refractivity contribution is 0.481. The van der Waals surface area contributed by atoms with Crippen LogP contribution in [-0.2, 0) is 10.8 Å². The van der Waals surface area contributed by atoms with Gasteiger partial charge in [0.15, 0.2) is 0 Å². The van der Waals surface area contributed by atoms with Crippen molar-refractivity contribution in [3.05, 3.63) is 282 Å². The van der Waals surface area contributed by atoms with Gasteiger partial charge >= 0.3 is 0 Å². The van der Waals surface area contributed by atoms with Gasteiger partial charge in [-0.1, -0.05) is 185 Å². The van der Waals surface area contributed by atoms with Crippen LogP contribution in [0.5, 0.6) is 11.5 Å². The quantitative estimate of drug-likeness (QED) is 0.157. The smallest absolute Gasteiger partial charge is 0.127 e. The SMILES string of the molecule is C.C#Cc1ccc(-n2c3ccccc3c3ccccc32)cc1.CC.CC1(c2ccc(Oc3ccc(C4(C)c5ccccc5-c5cc6ccccc6cc54)cc3)cc2)c2ccccc2-c2cc3ccccc3cc21. The molecular formula is C71H57NO. The van der Waals surface area contributed by atoms with Gasteiger partial charge < -0.3 is 9.30 Å². The maximum absolute atomic E-state index is 6.47. The molecule has 11 aromatic carbocycles. The Morgan fingerprint density at radius 2 is 0.753 bits per heavy atom. The summed E-state index contributed by atoms with van der Waals surface area (Å²) < 4.78 is 8.76. The second-order valence-corrected chi connectivity index (χ2v) is 19.0. The highest BCUT2D eigenvalue weighted by atomic mass is 16.5. The lowest BCUT2D eigenvalue weighted by Gasteiger charge is -2.29. The molecule has 0 bridgehead atoms. The maximum Gasteiger partial charge on any atom is 0.127 e. The van der Waals surface area contributed by atoms with Crippen molar-refractivity contribution in [2.45, 2.75) is 46.0 Å². The molecule has 14 rings (SSSR count). The average Bonchev–Trinajstić information content (AvgIpc) is 4.02. The van der Waals surface area contributed by atoms with E-state index in [1.807, 2.05) is 26.0 Å². The average molecular weight is 940 g/mol. The van der Waals surface area contributed by atoms with Crippen LogP contribution in [0.3, 0.4) is 0 Å². The van der Waals surface area contributed by atoms with Gasteiger partial charge in [0.25, 0.3) is 0 Å². The van der Waals surface area contributed by atoms with Crippen LogP contribution in [0.4, 0.5) is 0 Å². The molecule has 0 radical (unpaired) electrons. The number of nitrogens with zero attached hydrogens (tertiary/aromatic N) is 1. The van der Waals surface area contributed by atoms with Crippen molar-refractivity contribution in [2.24, 2.45) is 0 Å². The van der Waals surface area contributed by atoms with E-state index in [1.165, 1.54) is 99.0 Å². The standard InChI is InChI=1S/C48H34O.C20H13N.C2H6.CH4/c1-47(43-17-9-7-15-39(43)41-27-31-11-3-5-13-33(31)29-45(41)47)35-19-23-37(24-20-35)49-38-25-21-36(22-26-38)48(2)44-18-10-8-16-40(44)42-28-32-12-4-6-14-34(32)30-46(42)48;1-2-15-11-13-16(14-12-15)21-19-9-5-3-7-17(19)18-8-4-6-10-20(18)21;1-2;/h3-30H,1-2H3;1,3-14H;1-2H3;1H4. The number of fused-ring (bicyclic) bond motifs is 11. The third-order valence-corrected chi connectivity index (χ3v) is 15.3. The maximum atomic E-state index is 6.47. The molecular weight excluding hydrogens is 883 g/mol. The van der Waals surface area contributed by atoms with Crippen LogP contribution in [-0.4, -0.2) is 4.57 Å². The number of ether oxygens (including phenoxy) is 1. The first-order valence-corrected chi connectivity index (χ1v) is 25.1. The van der Waals surface area contributed by atoms with Crippen molar-refractivity contribution >= 4 is 43.4 Å². The highest BCUT2D eigenvalue weighted by Crippen LogP contribution is 2.55. The van der Waals surface area contributed by atoms with Crippen LogP contribution in [0.15, 0.2) is 243 Å². The number of hydrogen-bond acceptors (Lipinski definition) is 1. The zero-order valence-corrected chi connectivity index (χ0v) is 41.0. The van der Waals surface area contributed by atoms with Gasteiger partial charge in [-0.25, -0.2) is 0 Å². The lowest BCUT2D eigenvalue weighted by Crippen LogP contribution is -2.22. The zero-order valence-electron chi connectivity index (χ0n) is 41.0. The van der Waals surface area contributed by atoms with Crippen molar-refractivity contribution in [2.75, 3.05) is 0 Å². The number of rotatable bonds is 5. The lowest BCUT2D eigenvalue weighted by atomic mass is 9.74. The van der Waals surface area contributed by atoms with Gasteiger partial charge in [0.05, 0.1) is 11.0 Å². The first kappa shape index (κ1) is 46.5. The van der Waals surface area contributed by atoms with E-state index in [9.17, 15) is 0 Å². The summed E-state index contributed by atoms with van der Waals surface area (Å²) in [6.07, 6.45) is 5.44. The van der Waals surface area contributed by atoms with Crippen LogP contribution in [0.1, 0.15) is 74.1 Å². The summed E-state index contributed by atoms with van der Waals surface area (Å²) in [4.78, 5) is 0. The van der Waals surface area contributed by atoms with E-state index in [0.717, 1.165) is 22.7 Å². The zero-order chi connectivity index (χ0) is 49.0. The Hall–Kier alpha value is -8.90. The van der Waals surface area contributed by atoms with Crippen molar-refractivity contribution in [3.63, 3.8) is 0 Å². The molecule has 1 aromatic heterocycles. The highest BCUT2D eigenvalue weighted by molar-refractivity contribution is 6.09. The van der Waals surface area contributed by atoms with Crippen molar-refractivity contribution in [1.29, 1.82) is 0 Å². The van der Waals surface area contributed by atoms with Gasteiger partial charge in [0.2, 0.25) is 0 Å². The molecule has 0 aliphatic heterocycles. The summed E-state index contributed by atoms with van der Waals surface area (Å²) in [6, 6.07) is 87.1. The molecule has 0 fully saturated rings. The van der Waals surface area contributed by atoms with Gasteiger partial charge in [-0.3, -0.25) is 0 Å². The fraction of sp³-hybridized carbons (Fsp3) is 0.0986. The highest BCUT2D eigenvalue weighted by Gasteiger charge is 2.42. The third kappa shape index (κ3) is 7.51. The normalized spacial score (nSPS) is 15.7. The van der Waals surface area contributed by atoms with Crippen molar-refractivity contribution in [1.82, 2.24) is 4.57 Å². The van der Waals surface area contributed by atoms with E-state index < -0.39 is 0 Å². The molecule has 2 aliphatic rings. The van der Waals surface area contributed by atoms with E-state index in [1.54, 1.807) is 0 Å². The third-order valence-electron chi connectivity index (χ3n) is 15.3. The molecule has 12 aromatic rings. The minimum absolute atomic E-state index is 0. The van der Waals surface area contributed by atoms with Crippen LogP contribution < -0.4 is 4.74 Å². The Kier molecular flexibility index (Phi) is 11.9. The molecule has 0 saturated carbocycles. The number of terminal acetylenes is 1. The first-order valence-electron chi connectivity index (χ1n) is 25.1. The largest absolute Gasteiger partial charge is 0.457 e. The molecule has 1 heterocycles. The predicted molar refractivity (Wildman–Crippen MR) is 310 cm³/mol. The Morgan fingerprint density at radius 3 is 1.18 bits per heavy atom. The van der Waals surface area contributed by atoms with Crippen LogP contribution in [0, 0.1) is 12.3 Å². The van der Waals surface area contributed by atoms with Crippen LogP contribution >= 0.6 is 0 Å². The minimum atomic E-state index is -0.259. The van der Waals surface area contributed by atoms with E-state index in [2.05, 4.69) is 255 Å². The van der Waals surface area contributed by atoms with Crippen LogP contribution in [0.25, 0.3) is 71.3 Å². The molecule has 352 valence electrons. The predicted octanol–water partition coefficient (Wildman–Crippen LogP) is 18.9. The van der Waals surface area contributed by atoms with Crippen LogP contribution in [0.2, 0.25) is 0 Å². The van der Waals surface area contributed by atoms with Crippen molar-refractivity contribution in [3.8, 4) is 51.8 Å². The van der Waals surface area contributed by atoms with E-state index >= 15 is 0 Å². The Bertz CT molecular complexity index is 3820. The molecule has 2 nitrogen and oxygen atoms in total. The number of benzene rings is 11. The fourth-order valence-electron chi connectivity index (χ4n) is 11.7. The topological polar surface area (TPSA) is 14.2 Å². The van der Waals surface area contributed by atoms with E-state index in [0.29, 0.717) is 0 Å². The molecule has 0 saturated heterocycles. The van der Waals surface area contributed by atoms with E-state index in [-0.39, 0.29) is 18.3 Å². The molecule has 73 heavy (non-hydrogen) atoms. The Labute approximate surface area is 429 Å². The van der Waals surface area contributed by atoms with Gasteiger partial charge in [-0.05, 0) is 176 Å². The second-order valence-electron chi connectivity index (χ2n) is 19.0. The Morgan fingerprint density at radius 1 is 0.384 bits per heavy atom. The number of aromatic nitrogens is 1. The molecule has 0 N–H and O–H groups in total. The first-order chi connectivity index (χ1) is 35.4. The molecule has 0 amide bonds. The summed E-state index contributed by atoms with van der Waals surface area (Å²) in [6.45, 7) is 8.73. The van der Waals surface area contributed by atoms with Gasteiger partial charge in [-0.2, -0.15) is 0 Å². The van der Waals surface area contributed by atoms with Crippen molar-refractivity contribution < 1.29 is 4.74 Å². The summed E-state index contributed by atoms with van der Waals surface area (Å²) >= 11 is 0. The molecule has 0 spiro atoms. The molecule has 2 atom stereocenters. The van der Waals surface area contributed by atoms with Gasteiger partial charge in [0.1, 0.15) is 11.5 Å². The van der Waals surface area contributed by atoms with E-state index in [4.69, 9.17) is 11.2 Å². The van der Waals surface area contributed by atoms with Gasteiger partial charge in [-0.15, -0.1) is 6.42 Å². The molecule has 2 aliphatic carbocycles.